The van der Waals surface area contributed by atoms with E-state index in [0.29, 0.717) is 0 Å². The first-order valence-electron chi connectivity index (χ1n) is 2.65. The summed E-state index contributed by atoms with van der Waals surface area (Å²) >= 11 is 0. The van der Waals surface area contributed by atoms with Gasteiger partial charge in [0.15, 0.2) is 0 Å². The summed E-state index contributed by atoms with van der Waals surface area (Å²) in [5.41, 5.74) is 1.95. The molecule has 43 valence electrons. The quantitative estimate of drug-likeness (QED) is 0.503. The van der Waals surface area contributed by atoms with Gasteiger partial charge < -0.3 is 0 Å². The maximum absolute atomic E-state index is 4.02. The van der Waals surface area contributed by atoms with Crippen LogP contribution >= 0.6 is 0 Å². The third kappa shape index (κ3) is 0.579. The summed E-state index contributed by atoms with van der Waals surface area (Å²) in [5, 5.41) is 11.4. The third-order valence-corrected chi connectivity index (χ3v) is 1.21. The normalized spacial score (nSPS) is 12.9. The van der Waals surface area contributed by atoms with E-state index in [9.17, 15) is 0 Å². The Balaban J connectivity index is 2.63. The predicted molar refractivity (Wildman–Crippen MR) is 32.9 cm³/mol. The van der Waals surface area contributed by atoms with Gasteiger partial charge in [-0.2, -0.15) is 10.2 Å². The summed E-state index contributed by atoms with van der Waals surface area (Å²) in [7, 11) is 0. The molecule has 1 radical (unpaired) electrons. The van der Waals surface area contributed by atoms with Crippen molar-refractivity contribution in [2.75, 3.05) is 0 Å². The van der Waals surface area contributed by atoms with E-state index >= 15 is 0 Å². The van der Waals surface area contributed by atoms with Crippen molar-refractivity contribution in [2.24, 2.45) is 0 Å². The number of hydrogen-bond acceptors (Lipinski definition) is 2. The van der Waals surface area contributed by atoms with Crippen molar-refractivity contribution >= 4 is 11.8 Å². The van der Waals surface area contributed by atoms with Gasteiger partial charge in [-0.25, -0.2) is 0 Å². The summed E-state index contributed by atoms with van der Waals surface area (Å²) in [4.78, 5) is 0. The molecule has 3 nitrogen and oxygen atoms in total. The van der Waals surface area contributed by atoms with Crippen molar-refractivity contribution in [1.82, 2.24) is 15.5 Å². The molecule has 0 aromatic carbocycles. The lowest BCUT2D eigenvalue weighted by molar-refractivity contribution is 1.01. The highest BCUT2D eigenvalue weighted by molar-refractivity contribution is 5.66. The molecule has 0 unspecified atom stereocenters. The van der Waals surface area contributed by atoms with Crippen molar-refractivity contribution in [1.29, 1.82) is 0 Å². The van der Waals surface area contributed by atoms with Gasteiger partial charge in [-0.05, 0) is 6.08 Å². The lowest BCUT2D eigenvalue weighted by atomic mass is 10.3. The number of aromatic nitrogens is 2. The molecule has 2 heterocycles. The topological polar surface area (TPSA) is 39.9 Å². The van der Waals surface area contributed by atoms with Crippen molar-refractivity contribution in [3.8, 4) is 0 Å². The van der Waals surface area contributed by atoms with Gasteiger partial charge in [-0.3, -0.25) is 5.32 Å². The van der Waals surface area contributed by atoms with Crippen LogP contribution in [0.15, 0.2) is 18.6 Å². The molecule has 9 heavy (non-hydrogen) atoms. The molecule has 3 heteroatoms. The van der Waals surface area contributed by atoms with Gasteiger partial charge in [-0.15, -0.1) is 0 Å². The van der Waals surface area contributed by atoms with E-state index in [1.54, 1.807) is 18.6 Å². The van der Waals surface area contributed by atoms with E-state index in [-0.39, 0.29) is 0 Å². The van der Waals surface area contributed by atoms with Crippen LogP contribution in [0.3, 0.4) is 0 Å². The molecule has 0 N–H and O–H groups in total. The fourth-order valence-electron chi connectivity index (χ4n) is 0.758. The zero-order valence-electron chi connectivity index (χ0n) is 4.65. The predicted octanol–water partition coefficient (Wildman–Crippen LogP) is 0.697. The van der Waals surface area contributed by atoms with Crippen LogP contribution in [-0.4, -0.2) is 10.2 Å². The fourth-order valence-corrected chi connectivity index (χ4v) is 0.758. The molecule has 0 spiro atoms. The Kier molecular flexibility index (Phi) is 0.773. The highest BCUT2D eigenvalue weighted by Crippen LogP contribution is 2.18. The van der Waals surface area contributed by atoms with E-state index in [0.717, 1.165) is 11.3 Å². The van der Waals surface area contributed by atoms with Crippen LogP contribution in [-0.2, 0) is 0 Å². The maximum Gasteiger partial charge on any atom is 0.0920 e. The second-order valence-corrected chi connectivity index (χ2v) is 1.77. The molecule has 0 atom stereocenters. The highest BCUT2D eigenvalue weighted by Gasteiger charge is 2.03. The summed E-state index contributed by atoms with van der Waals surface area (Å²) in [5.74, 6) is 0. The first-order chi connectivity index (χ1) is 4.47. The first-order valence-corrected chi connectivity index (χ1v) is 2.65. The molecule has 1 aliphatic rings. The Morgan fingerprint density at radius 1 is 1.11 bits per heavy atom. The van der Waals surface area contributed by atoms with Gasteiger partial charge in [0.1, 0.15) is 0 Å². The SMILES string of the molecule is C1=Cc2cnncc2[N]1. The Morgan fingerprint density at radius 3 is 2.89 bits per heavy atom. The molecular formula is C6H4N3. The van der Waals surface area contributed by atoms with Gasteiger partial charge in [0.05, 0.1) is 18.1 Å². The summed E-state index contributed by atoms with van der Waals surface area (Å²) in [6.07, 6.45) is 7.00. The van der Waals surface area contributed by atoms with Crippen LogP contribution in [0.1, 0.15) is 5.56 Å². The molecule has 1 aromatic heterocycles. The molecule has 0 fully saturated rings. The summed E-state index contributed by atoms with van der Waals surface area (Å²) < 4.78 is 0. The van der Waals surface area contributed by atoms with Gasteiger partial charge in [0, 0.05) is 11.8 Å². The molecule has 0 saturated heterocycles. The van der Waals surface area contributed by atoms with Crippen molar-refractivity contribution in [2.45, 2.75) is 0 Å². The van der Waals surface area contributed by atoms with Gasteiger partial charge in [0.25, 0.3) is 0 Å². The van der Waals surface area contributed by atoms with E-state index in [1.807, 2.05) is 6.08 Å². The second kappa shape index (κ2) is 1.55. The number of nitrogens with zero attached hydrogens (tertiary/aromatic N) is 3. The van der Waals surface area contributed by atoms with Crippen LogP contribution in [0.4, 0.5) is 5.69 Å². The minimum atomic E-state index is 0.907. The van der Waals surface area contributed by atoms with Crippen molar-refractivity contribution in [3.05, 3.63) is 24.2 Å². The standard InChI is InChI=1S/C6H4N3/c1-2-7-6-4-9-8-3-5(1)6/h1-4H. The molecule has 1 aromatic rings. The van der Waals surface area contributed by atoms with Gasteiger partial charge in [0.2, 0.25) is 0 Å². The molecule has 1 aliphatic heterocycles. The van der Waals surface area contributed by atoms with Crippen molar-refractivity contribution < 1.29 is 0 Å². The lowest BCUT2D eigenvalue weighted by Gasteiger charge is -1.90. The Hall–Kier alpha value is -1.38. The fraction of sp³-hybridized carbons (Fsp3) is 0. The molecule has 0 saturated carbocycles. The zero-order valence-corrected chi connectivity index (χ0v) is 4.65. The molecule has 0 aliphatic carbocycles. The summed E-state index contributed by atoms with van der Waals surface area (Å²) in [6, 6.07) is 0. The Labute approximate surface area is 52.4 Å². The second-order valence-electron chi connectivity index (χ2n) is 1.77. The van der Waals surface area contributed by atoms with Crippen LogP contribution in [0.25, 0.3) is 6.08 Å². The monoisotopic (exact) mass is 118 g/mol. The van der Waals surface area contributed by atoms with E-state index in [2.05, 4.69) is 15.5 Å². The average Bonchev–Trinajstić information content (AvgIpc) is 2.33. The van der Waals surface area contributed by atoms with E-state index in [4.69, 9.17) is 0 Å². The number of fused-ring (bicyclic) bond motifs is 1. The average molecular weight is 118 g/mol. The van der Waals surface area contributed by atoms with Crippen LogP contribution in [0, 0.1) is 0 Å². The third-order valence-electron chi connectivity index (χ3n) is 1.21. The van der Waals surface area contributed by atoms with E-state index < -0.39 is 0 Å². The molecule has 0 bridgehead atoms. The van der Waals surface area contributed by atoms with Crippen LogP contribution in [0.5, 0.6) is 0 Å². The molecular weight excluding hydrogens is 114 g/mol. The lowest BCUT2D eigenvalue weighted by Crippen LogP contribution is -1.85. The minimum absolute atomic E-state index is 0.907. The number of hydrogen-bond donors (Lipinski definition) is 0. The van der Waals surface area contributed by atoms with Gasteiger partial charge >= 0.3 is 0 Å². The van der Waals surface area contributed by atoms with Crippen molar-refractivity contribution in [3.63, 3.8) is 0 Å². The first kappa shape index (κ1) is 4.49. The Bertz CT molecular complexity index is 254. The zero-order chi connectivity index (χ0) is 6.10. The minimum Gasteiger partial charge on any atom is -0.254 e. The highest BCUT2D eigenvalue weighted by atomic mass is 15.1. The maximum atomic E-state index is 4.02. The van der Waals surface area contributed by atoms with Gasteiger partial charge in [-0.1, -0.05) is 0 Å². The van der Waals surface area contributed by atoms with Crippen LogP contribution < -0.4 is 5.32 Å². The smallest absolute Gasteiger partial charge is 0.0920 e. The number of rotatable bonds is 0. The molecule has 2 rings (SSSR count). The largest absolute Gasteiger partial charge is 0.254 e. The van der Waals surface area contributed by atoms with Crippen LogP contribution in [0.2, 0.25) is 0 Å². The van der Waals surface area contributed by atoms with E-state index in [1.165, 1.54) is 0 Å². The Morgan fingerprint density at radius 2 is 2.00 bits per heavy atom. The summed E-state index contributed by atoms with van der Waals surface area (Å²) in [6.45, 7) is 0. The molecule has 0 amide bonds.